The number of rotatable bonds is 3. The maximum absolute atomic E-state index is 11.9. The molecule has 0 amide bonds. The zero-order valence-electron chi connectivity index (χ0n) is 10.8. The molecule has 0 atom stereocenters. The SMILES string of the molecule is CCOC(=O)C1(C(=O)O)CC2(CC3(CCC3)C2)C1. The molecule has 0 bridgehead atoms. The van der Waals surface area contributed by atoms with E-state index in [1.807, 2.05) is 0 Å². The summed E-state index contributed by atoms with van der Waals surface area (Å²) in [5.74, 6) is -1.53. The third-order valence-electron chi connectivity index (χ3n) is 5.34. The highest BCUT2D eigenvalue weighted by molar-refractivity contribution is 6.00. The van der Waals surface area contributed by atoms with Crippen LogP contribution in [0.15, 0.2) is 0 Å². The van der Waals surface area contributed by atoms with Crippen LogP contribution in [0.25, 0.3) is 0 Å². The Morgan fingerprint density at radius 2 is 1.72 bits per heavy atom. The van der Waals surface area contributed by atoms with E-state index in [1.54, 1.807) is 6.92 Å². The number of carboxylic acid groups (broad SMARTS) is 1. The highest BCUT2D eigenvalue weighted by Gasteiger charge is 2.71. The van der Waals surface area contributed by atoms with Gasteiger partial charge in [-0.3, -0.25) is 9.59 Å². The van der Waals surface area contributed by atoms with Crippen molar-refractivity contribution in [3.05, 3.63) is 0 Å². The molecule has 1 N–H and O–H groups in total. The van der Waals surface area contributed by atoms with Crippen LogP contribution in [-0.2, 0) is 14.3 Å². The standard InChI is InChI=1S/C14H20O4/c1-2-18-11(17)14(10(15)16)8-13(9-14)6-12(7-13)4-3-5-12/h2-9H2,1H3,(H,15,16). The minimum absolute atomic E-state index is 0.144. The maximum atomic E-state index is 11.9. The second-order valence-corrected chi connectivity index (χ2v) is 6.67. The van der Waals surface area contributed by atoms with Gasteiger partial charge >= 0.3 is 11.9 Å². The molecule has 3 aliphatic carbocycles. The van der Waals surface area contributed by atoms with Crippen molar-refractivity contribution < 1.29 is 19.4 Å². The van der Waals surface area contributed by atoms with Gasteiger partial charge in [-0.15, -0.1) is 0 Å². The number of hydrogen-bond acceptors (Lipinski definition) is 3. The van der Waals surface area contributed by atoms with Crippen molar-refractivity contribution in [1.82, 2.24) is 0 Å². The van der Waals surface area contributed by atoms with Crippen LogP contribution in [0.5, 0.6) is 0 Å². The van der Waals surface area contributed by atoms with Crippen LogP contribution in [0.1, 0.15) is 51.9 Å². The monoisotopic (exact) mass is 252 g/mol. The van der Waals surface area contributed by atoms with Gasteiger partial charge in [0.15, 0.2) is 5.41 Å². The van der Waals surface area contributed by atoms with E-state index in [9.17, 15) is 14.7 Å². The van der Waals surface area contributed by atoms with Crippen LogP contribution in [0.2, 0.25) is 0 Å². The molecule has 0 aliphatic heterocycles. The van der Waals surface area contributed by atoms with Gasteiger partial charge in [0.25, 0.3) is 0 Å². The van der Waals surface area contributed by atoms with Crippen LogP contribution < -0.4 is 0 Å². The minimum Gasteiger partial charge on any atom is -0.480 e. The van der Waals surface area contributed by atoms with Crippen LogP contribution in [-0.4, -0.2) is 23.7 Å². The third kappa shape index (κ3) is 1.38. The Labute approximate surface area is 107 Å². The topological polar surface area (TPSA) is 63.6 Å². The largest absolute Gasteiger partial charge is 0.480 e. The lowest BCUT2D eigenvalue weighted by atomic mass is 9.35. The van der Waals surface area contributed by atoms with Crippen LogP contribution in [0, 0.1) is 16.2 Å². The zero-order valence-corrected chi connectivity index (χ0v) is 10.8. The van der Waals surface area contributed by atoms with E-state index in [-0.39, 0.29) is 12.0 Å². The molecule has 0 unspecified atom stereocenters. The summed E-state index contributed by atoms with van der Waals surface area (Å²) in [6, 6.07) is 0. The van der Waals surface area contributed by atoms with Gasteiger partial charge < -0.3 is 9.84 Å². The van der Waals surface area contributed by atoms with Gasteiger partial charge in [0, 0.05) is 0 Å². The Morgan fingerprint density at radius 1 is 1.11 bits per heavy atom. The van der Waals surface area contributed by atoms with Crippen LogP contribution in [0.4, 0.5) is 0 Å². The third-order valence-corrected chi connectivity index (χ3v) is 5.34. The number of carbonyl (C=O) groups excluding carboxylic acids is 1. The molecule has 3 saturated carbocycles. The van der Waals surface area contributed by atoms with Gasteiger partial charge in [0.05, 0.1) is 6.61 Å². The summed E-state index contributed by atoms with van der Waals surface area (Å²) in [4.78, 5) is 23.3. The average molecular weight is 252 g/mol. The van der Waals surface area contributed by atoms with Crippen molar-refractivity contribution in [2.75, 3.05) is 6.61 Å². The van der Waals surface area contributed by atoms with Crippen LogP contribution in [0.3, 0.4) is 0 Å². The first kappa shape index (κ1) is 12.0. The van der Waals surface area contributed by atoms with Gasteiger partial charge in [-0.1, -0.05) is 6.42 Å². The fraction of sp³-hybridized carbons (Fsp3) is 0.857. The molecule has 2 spiro atoms. The van der Waals surface area contributed by atoms with E-state index in [4.69, 9.17) is 4.74 Å². The molecular formula is C14H20O4. The molecule has 3 rings (SSSR count). The van der Waals surface area contributed by atoms with Crippen molar-refractivity contribution in [3.63, 3.8) is 0 Å². The molecule has 0 heterocycles. The van der Waals surface area contributed by atoms with Gasteiger partial charge in [-0.2, -0.15) is 0 Å². The quantitative estimate of drug-likeness (QED) is 0.618. The van der Waals surface area contributed by atoms with Gasteiger partial charge in [0.2, 0.25) is 0 Å². The summed E-state index contributed by atoms with van der Waals surface area (Å²) in [6.07, 6.45) is 7.18. The molecule has 0 radical (unpaired) electrons. The summed E-state index contributed by atoms with van der Waals surface area (Å²) in [5.41, 5.74) is -0.563. The summed E-state index contributed by atoms with van der Waals surface area (Å²) in [6.45, 7) is 1.97. The molecule has 4 heteroatoms. The summed E-state index contributed by atoms with van der Waals surface area (Å²) >= 11 is 0. The number of aliphatic carboxylic acids is 1. The molecule has 0 aromatic carbocycles. The Hall–Kier alpha value is -1.06. The van der Waals surface area contributed by atoms with E-state index in [0.717, 1.165) is 12.8 Å². The van der Waals surface area contributed by atoms with Crippen molar-refractivity contribution >= 4 is 11.9 Å². The van der Waals surface area contributed by atoms with Crippen molar-refractivity contribution in [2.24, 2.45) is 16.2 Å². The molecule has 0 saturated heterocycles. The first-order chi connectivity index (χ1) is 8.46. The maximum Gasteiger partial charge on any atom is 0.323 e. The highest BCUT2D eigenvalue weighted by atomic mass is 16.5. The smallest absolute Gasteiger partial charge is 0.323 e. The van der Waals surface area contributed by atoms with Gasteiger partial charge in [-0.25, -0.2) is 0 Å². The van der Waals surface area contributed by atoms with Crippen LogP contribution >= 0.6 is 0 Å². The average Bonchev–Trinajstić information content (AvgIpc) is 2.11. The Balaban J connectivity index is 1.67. The lowest BCUT2D eigenvalue weighted by Crippen LogP contribution is -2.64. The number of esters is 1. The van der Waals surface area contributed by atoms with E-state index in [1.165, 1.54) is 19.3 Å². The second-order valence-electron chi connectivity index (χ2n) is 6.67. The van der Waals surface area contributed by atoms with Crippen molar-refractivity contribution in [2.45, 2.75) is 51.9 Å². The highest BCUT2D eigenvalue weighted by Crippen LogP contribution is 2.75. The fourth-order valence-corrected chi connectivity index (χ4v) is 4.70. The number of ether oxygens (including phenoxy) is 1. The minimum atomic E-state index is -1.23. The molecule has 0 aromatic rings. The molecular weight excluding hydrogens is 232 g/mol. The molecule has 3 aliphatic rings. The normalized spacial score (nSPS) is 28.9. The molecule has 4 nitrogen and oxygen atoms in total. The van der Waals surface area contributed by atoms with E-state index in [0.29, 0.717) is 18.3 Å². The molecule has 100 valence electrons. The Morgan fingerprint density at radius 3 is 2.11 bits per heavy atom. The summed E-state index contributed by atoms with van der Waals surface area (Å²) in [7, 11) is 0. The first-order valence-corrected chi connectivity index (χ1v) is 6.87. The molecule has 3 fully saturated rings. The number of carboxylic acids is 1. The second kappa shape index (κ2) is 3.49. The van der Waals surface area contributed by atoms with Crippen molar-refractivity contribution in [3.8, 4) is 0 Å². The van der Waals surface area contributed by atoms with E-state index in [2.05, 4.69) is 0 Å². The summed E-state index contributed by atoms with van der Waals surface area (Å²) in [5, 5.41) is 9.33. The first-order valence-electron chi connectivity index (χ1n) is 6.87. The number of hydrogen-bond donors (Lipinski definition) is 1. The summed E-state index contributed by atoms with van der Waals surface area (Å²) < 4.78 is 4.94. The van der Waals surface area contributed by atoms with Gasteiger partial charge in [0.1, 0.15) is 0 Å². The predicted molar refractivity (Wildman–Crippen MR) is 63.9 cm³/mol. The van der Waals surface area contributed by atoms with E-state index >= 15 is 0 Å². The Bertz CT molecular complexity index is 392. The Kier molecular flexibility index (Phi) is 2.32. The lowest BCUT2D eigenvalue weighted by molar-refractivity contribution is -0.221. The molecule has 0 aromatic heterocycles. The van der Waals surface area contributed by atoms with E-state index < -0.39 is 17.4 Å². The van der Waals surface area contributed by atoms with Crippen molar-refractivity contribution in [1.29, 1.82) is 0 Å². The number of carbonyl (C=O) groups is 2. The zero-order chi connectivity index (χ0) is 13.0. The lowest BCUT2D eigenvalue weighted by Gasteiger charge is -2.68. The predicted octanol–water partition coefficient (Wildman–Crippen LogP) is 2.36. The fourth-order valence-electron chi connectivity index (χ4n) is 4.70. The molecule has 18 heavy (non-hydrogen) atoms. The van der Waals surface area contributed by atoms with Gasteiger partial charge in [-0.05, 0) is 56.3 Å².